The maximum atomic E-state index is 12.6. The standard InChI is InChI=1S/C22H20N4O2/c1-14-5-3-6-17-21(14)24-13-26(22(17)28)12-10-19(27)25-18-9-8-15(2)20-16(18)7-4-11-23-20/h3-9,11,13H,10,12H2,1-2H3,(H,25,27). The van der Waals surface area contributed by atoms with Crippen LogP contribution in [0.25, 0.3) is 21.8 Å². The molecule has 4 aromatic rings. The summed E-state index contributed by atoms with van der Waals surface area (Å²) in [6.45, 7) is 4.18. The lowest BCUT2D eigenvalue weighted by Gasteiger charge is -2.11. The number of para-hydroxylation sites is 1. The smallest absolute Gasteiger partial charge is 0.261 e. The maximum Gasteiger partial charge on any atom is 0.261 e. The quantitative estimate of drug-likeness (QED) is 0.594. The first kappa shape index (κ1) is 17.9. The molecule has 0 atom stereocenters. The van der Waals surface area contributed by atoms with Crippen LogP contribution in [0.1, 0.15) is 17.5 Å². The van der Waals surface area contributed by atoms with E-state index >= 15 is 0 Å². The number of pyridine rings is 1. The summed E-state index contributed by atoms with van der Waals surface area (Å²) < 4.78 is 1.48. The fraction of sp³-hybridized carbons (Fsp3) is 0.182. The molecule has 0 aliphatic carbocycles. The number of fused-ring (bicyclic) bond motifs is 2. The second-order valence-corrected chi connectivity index (χ2v) is 6.84. The number of aromatic nitrogens is 3. The average Bonchev–Trinajstić information content (AvgIpc) is 2.70. The van der Waals surface area contributed by atoms with Crippen molar-refractivity contribution in [2.24, 2.45) is 0 Å². The van der Waals surface area contributed by atoms with Gasteiger partial charge >= 0.3 is 0 Å². The van der Waals surface area contributed by atoms with E-state index in [9.17, 15) is 9.59 Å². The Morgan fingerprint density at radius 3 is 2.57 bits per heavy atom. The van der Waals surface area contributed by atoms with Gasteiger partial charge in [0.2, 0.25) is 5.91 Å². The van der Waals surface area contributed by atoms with Crippen LogP contribution in [0.15, 0.2) is 59.8 Å². The fourth-order valence-corrected chi connectivity index (χ4v) is 3.35. The number of hydrogen-bond donors (Lipinski definition) is 1. The molecule has 0 bridgehead atoms. The van der Waals surface area contributed by atoms with E-state index in [1.54, 1.807) is 12.3 Å². The molecule has 0 fully saturated rings. The van der Waals surface area contributed by atoms with Crippen molar-refractivity contribution < 1.29 is 4.79 Å². The summed E-state index contributed by atoms with van der Waals surface area (Å²) >= 11 is 0. The molecule has 2 aromatic carbocycles. The number of anilines is 1. The SMILES string of the molecule is Cc1ccc(NC(=O)CCn2cnc3c(C)cccc3c2=O)c2cccnc12. The lowest BCUT2D eigenvalue weighted by atomic mass is 10.1. The van der Waals surface area contributed by atoms with Crippen LogP contribution in [-0.2, 0) is 11.3 Å². The van der Waals surface area contributed by atoms with E-state index < -0.39 is 0 Å². The van der Waals surface area contributed by atoms with Gasteiger partial charge in [-0.3, -0.25) is 19.1 Å². The number of hydrogen-bond acceptors (Lipinski definition) is 4. The van der Waals surface area contributed by atoms with Crippen molar-refractivity contribution in [3.8, 4) is 0 Å². The first-order valence-corrected chi connectivity index (χ1v) is 9.13. The molecule has 0 spiro atoms. The summed E-state index contributed by atoms with van der Waals surface area (Å²) in [5, 5.41) is 4.40. The summed E-state index contributed by atoms with van der Waals surface area (Å²) in [6.07, 6.45) is 3.42. The lowest BCUT2D eigenvalue weighted by Crippen LogP contribution is -2.24. The van der Waals surface area contributed by atoms with Gasteiger partial charge in [-0.05, 0) is 49.2 Å². The Bertz CT molecular complexity index is 1260. The molecule has 6 heteroatoms. The third-order valence-corrected chi connectivity index (χ3v) is 4.88. The van der Waals surface area contributed by atoms with E-state index in [2.05, 4.69) is 15.3 Å². The van der Waals surface area contributed by atoms with Gasteiger partial charge in [0, 0.05) is 24.5 Å². The van der Waals surface area contributed by atoms with Gasteiger partial charge < -0.3 is 5.32 Å². The molecule has 0 aliphatic heterocycles. The van der Waals surface area contributed by atoms with Gasteiger partial charge in [-0.25, -0.2) is 4.98 Å². The van der Waals surface area contributed by atoms with Crippen molar-refractivity contribution in [2.75, 3.05) is 5.32 Å². The second-order valence-electron chi connectivity index (χ2n) is 6.84. The third-order valence-electron chi connectivity index (χ3n) is 4.88. The van der Waals surface area contributed by atoms with Crippen LogP contribution in [0.5, 0.6) is 0 Å². The number of rotatable bonds is 4. The predicted octanol–water partition coefficient (Wildman–Crippen LogP) is 3.59. The first-order chi connectivity index (χ1) is 13.5. The van der Waals surface area contributed by atoms with E-state index in [0.717, 1.165) is 27.7 Å². The summed E-state index contributed by atoms with van der Waals surface area (Å²) in [6, 6.07) is 13.1. The Morgan fingerprint density at radius 1 is 0.964 bits per heavy atom. The van der Waals surface area contributed by atoms with Crippen LogP contribution in [0, 0.1) is 13.8 Å². The molecule has 4 rings (SSSR count). The molecular weight excluding hydrogens is 352 g/mol. The first-order valence-electron chi connectivity index (χ1n) is 9.13. The van der Waals surface area contributed by atoms with Gasteiger partial charge in [0.05, 0.1) is 28.4 Å². The summed E-state index contributed by atoms with van der Waals surface area (Å²) in [5.74, 6) is -0.162. The van der Waals surface area contributed by atoms with E-state index in [4.69, 9.17) is 0 Å². The number of carbonyl (C=O) groups is 1. The van der Waals surface area contributed by atoms with E-state index in [1.807, 2.05) is 50.2 Å². The van der Waals surface area contributed by atoms with Crippen LogP contribution < -0.4 is 10.9 Å². The lowest BCUT2D eigenvalue weighted by molar-refractivity contribution is -0.116. The fourth-order valence-electron chi connectivity index (χ4n) is 3.35. The van der Waals surface area contributed by atoms with E-state index in [1.165, 1.54) is 10.9 Å². The molecule has 0 aliphatic rings. The monoisotopic (exact) mass is 372 g/mol. The van der Waals surface area contributed by atoms with Gasteiger partial charge in [-0.2, -0.15) is 0 Å². The number of nitrogens with zero attached hydrogens (tertiary/aromatic N) is 3. The third kappa shape index (κ3) is 3.24. The summed E-state index contributed by atoms with van der Waals surface area (Å²) in [5.41, 5.74) is 4.17. The van der Waals surface area contributed by atoms with Crippen LogP contribution in [0.3, 0.4) is 0 Å². The van der Waals surface area contributed by atoms with Crippen molar-refractivity contribution in [3.63, 3.8) is 0 Å². The zero-order valence-electron chi connectivity index (χ0n) is 15.8. The summed E-state index contributed by atoms with van der Waals surface area (Å²) in [4.78, 5) is 33.9. The molecule has 0 radical (unpaired) electrons. The minimum atomic E-state index is -0.162. The minimum Gasteiger partial charge on any atom is -0.325 e. The van der Waals surface area contributed by atoms with Crippen molar-refractivity contribution in [1.82, 2.24) is 14.5 Å². The molecule has 0 saturated heterocycles. The number of amides is 1. The zero-order valence-corrected chi connectivity index (χ0v) is 15.8. The maximum absolute atomic E-state index is 12.6. The number of carbonyl (C=O) groups excluding carboxylic acids is 1. The minimum absolute atomic E-state index is 0.133. The molecule has 1 N–H and O–H groups in total. The molecule has 28 heavy (non-hydrogen) atoms. The van der Waals surface area contributed by atoms with E-state index in [0.29, 0.717) is 10.9 Å². The van der Waals surface area contributed by atoms with Gasteiger partial charge in [-0.15, -0.1) is 0 Å². The highest BCUT2D eigenvalue weighted by atomic mass is 16.2. The van der Waals surface area contributed by atoms with Gasteiger partial charge in [0.25, 0.3) is 5.56 Å². The molecule has 0 unspecified atom stereocenters. The molecule has 2 heterocycles. The zero-order chi connectivity index (χ0) is 19.7. The molecule has 6 nitrogen and oxygen atoms in total. The van der Waals surface area contributed by atoms with Crippen molar-refractivity contribution in [2.45, 2.75) is 26.8 Å². The predicted molar refractivity (Wildman–Crippen MR) is 110 cm³/mol. The second kappa shape index (κ2) is 7.23. The Balaban J connectivity index is 1.53. The van der Waals surface area contributed by atoms with Crippen LogP contribution in [0.2, 0.25) is 0 Å². The van der Waals surface area contributed by atoms with Crippen molar-refractivity contribution in [1.29, 1.82) is 0 Å². The highest BCUT2D eigenvalue weighted by Gasteiger charge is 2.10. The topological polar surface area (TPSA) is 76.9 Å². The Morgan fingerprint density at radius 2 is 1.71 bits per heavy atom. The number of benzene rings is 2. The van der Waals surface area contributed by atoms with Crippen LogP contribution >= 0.6 is 0 Å². The Labute approximate surface area is 161 Å². The molecule has 2 aromatic heterocycles. The van der Waals surface area contributed by atoms with Crippen molar-refractivity contribution >= 4 is 33.4 Å². The Hall–Kier alpha value is -3.54. The number of aryl methyl sites for hydroxylation is 3. The van der Waals surface area contributed by atoms with Crippen LogP contribution in [-0.4, -0.2) is 20.4 Å². The van der Waals surface area contributed by atoms with Crippen molar-refractivity contribution in [3.05, 3.63) is 76.5 Å². The number of nitrogens with one attached hydrogen (secondary N) is 1. The molecular formula is C22H20N4O2. The highest BCUT2D eigenvalue weighted by molar-refractivity contribution is 6.01. The molecule has 1 amide bonds. The molecule has 0 saturated carbocycles. The normalized spacial score (nSPS) is 11.1. The van der Waals surface area contributed by atoms with Crippen LogP contribution in [0.4, 0.5) is 5.69 Å². The average molecular weight is 372 g/mol. The van der Waals surface area contributed by atoms with Gasteiger partial charge in [-0.1, -0.05) is 18.2 Å². The van der Waals surface area contributed by atoms with Gasteiger partial charge in [0.15, 0.2) is 0 Å². The van der Waals surface area contributed by atoms with E-state index in [-0.39, 0.29) is 24.4 Å². The molecule has 140 valence electrons. The highest BCUT2D eigenvalue weighted by Crippen LogP contribution is 2.24. The Kier molecular flexibility index (Phi) is 4.61. The largest absolute Gasteiger partial charge is 0.325 e. The van der Waals surface area contributed by atoms with Gasteiger partial charge in [0.1, 0.15) is 0 Å². The summed E-state index contributed by atoms with van der Waals surface area (Å²) in [7, 11) is 0.